The van der Waals surface area contributed by atoms with Crippen LogP contribution >= 0.6 is 0 Å². The van der Waals surface area contributed by atoms with Gasteiger partial charge in [-0.15, -0.1) is 0 Å². The van der Waals surface area contributed by atoms with E-state index < -0.39 is 0 Å². The first-order chi connectivity index (χ1) is 11.0. The van der Waals surface area contributed by atoms with Crippen molar-refractivity contribution in [2.75, 3.05) is 13.2 Å². The van der Waals surface area contributed by atoms with Gasteiger partial charge in [0, 0.05) is 29.7 Å². The second-order valence-corrected chi connectivity index (χ2v) is 6.47. The largest absolute Gasteiger partial charge is 0.378 e. The summed E-state index contributed by atoms with van der Waals surface area (Å²) >= 11 is 0. The van der Waals surface area contributed by atoms with Crippen LogP contribution in [0.2, 0.25) is 0 Å². The summed E-state index contributed by atoms with van der Waals surface area (Å²) in [6.07, 6.45) is 2.51. The van der Waals surface area contributed by atoms with Gasteiger partial charge in [0.05, 0.1) is 12.5 Å². The maximum atomic E-state index is 13.5. The summed E-state index contributed by atoms with van der Waals surface area (Å²) in [5.74, 6) is 0.177. The molecule has 3 rings (SSSR count). The quantitative estimate of drug-likeness (QED) is 0.910. The number of rotatable bonds is 4. The summed E-state index contributed by atoms with van der Waals surface area (Å²) in [6, 6.07) is 4.62. The van der Waals surface area contributed by atoms with Crippen molar-refractivity contribution in [3.05, 3.63) is 35.3 Å². The van der Waals surface area contributed by atoms with Crippen LogP contribution in [0.1, 0.15) is 31.0 Å². The lowest BCUT2D eigenvalue weighted by Crippen LogP contribution is -2.35. The van der Waals surface area contributed by atoms with E-state index in [0.717, 1.165) is 41.6 Å². The summed E-state index contributed by atoms with van der Waals surface area (Å²) in [5, 5.41) is 3.80. The van der Waals surface area contributed by atoms with Crippen LogP contribution in [0.15, 0.2) is 18.2 Å². The van der Waals surface area contributed by atoms with Gasteiger partial charge >= 0.3 is 0 Å². The minimum Gasteiger partial charge on any atom is -0.378 e. The molecule has 2 unspecified atom stereocenters. The predicted octanol–water partition coefficient (Wildman–Crippen LogP) is 3.09. The number of aromatic nitrogens is 1. The number of nitrogens with one attached hydrogen (secondary N) is 2. The Kier molecular flexibility index (Phi) is 4.66. The summed E-state index contributed by atoms with van der Waals surface area (Å²) in [4.78, 5) is 15.5. The monoisotopic (exact) mass is 318 g/mol. The second kappa shape index (κ2) is 6.71. The molecule has 0 radical (unpaired) electrons. The highest BCUT2D eigenvalue weighted by Gasteiger charge is 2.20. The zero-order valence-electron chi connectivity index (χ0n) is 13.6. The standard InChI is InChI=1S/C18H23FN2O2/c1-11-7-13(5-6-23-11)10-20-18(22)9-15-12(2)21-17-4-3-14(19)8-16(15)17/h3-4,8,11,13,21H,5-7,9-10H2,1-2H3,(H,20,22). The molecule has 5 heteroatoms. The number of ether oxygens (including phenoxy) is 1. The average molecular weight is 318 g/mol. The molecule has 1 saturated heterocycles. The number of fused-ring (bicyclic) bond motifs is 1. The van der Waals surface area contributed by atoms with E-state index in [-0.39, 0.29) is 24.2 Å². The Morgan fingerprint density at radius 1 is 1.48 bits per heavy atom. The van der Waals surface area contributed by atoms with Gasteiger partial charge in [0.2, 0.25) is 5.91 Å². The number of H-pyrrole nitrogens is 1. The first-order valence-corrected chi connectivity index (χ1v) is 8.18. The van der Waals surface area contributed by atoms with E-state index in [1.807, 2.05) is 6.92 Å². The molecule has 2 atom stereocenters. The fraction of sp³-hybridized carbons (Fsp3) is 0.500. The molecule has 1 amide bonds. The van der Waals surface area contributed by atoms with Gasteiger partial charge in [-0.25, -0.2) is 4.39 Å². The third-order valence-corrected chi connectivity index (χ3v) is 4.60. The van der Waals surface area contributed by atoms with Crippen molar-refractivity contribution in [2.24, 2.45) is 5.92 Å². The zero-order valence-corrected chi connectivity index (χ0v) is 13.6. The maximum Gasteiger partial charge on any atom is 0.224 e. The lowest BCUT2D eigenvalue weighted by atomic mass is 9.96. The molecule has 4 nitrogen and oxygen atoms in total. The van der Waals surface area contributed by atoms with E-state index in [1.54, 1.807) is 6.07 Å². The number of halogens is 1. The van der Waals surface area contributed by atoms with Crippen LogP contribution in [-0.2, 0) is 16.0 Å². The van der Waals surface area contributed by atoms with Gasteiger partial charge in [-0.1, -0.05) is 0 Å². The summed E-state index contributed by atoms with van der Waals surface area (Å²) < 4.78 is 19.0. The minimum atomic E-state index is -0.283. The average Bonchev–Trinajstić information content (AvgIpc) is 2.81. The lowest BCUT2D eigenvalue weighted by molar-refractivity contribution is -0.120. The van der Waals surface area contributed by atoms with Gasteiger partial charge in [-0.3, -0.25) is 4.79 Å². The van der Waals surface area contributed by atoms with Crippen LogP contribution in [0.4, 0.5) is 4.39 Å². The number of benzene rings is 1. The zero-order chi connectivity index (χ0) is 16.4. The number of amides is 1. The van der Waals surface area contributed by atoms with E-state index >= 15 is 0 Å². The van der Waals surface area contributed by atoms with Crippen LogP contribution in [0.3, 0.4) is 0 Å². The van der Waals surface area contributed by atoms with Gasteiger partial charge in [-0.2, -0.15) is 0 Å². The molecule has 1 fully saturated rings. The Bertz CT molecular complexity index is 710. The Labute approximate surface area is 135 Å². The van der Waals surface area contributed by atoms with Gasteiger partial charge in [-0.05, 0) is 56.4 Å². The fourth-order valence-electron chi connectivity index (χ4n) is 3.34. The number of carbonyl (C=O) groups is 1. The molecule has 0 aliphatic carbocycles. The van der Waals surface area contributed by atoms with Crippen molar-refractivity contribution in [1.82, 2.24) is 10.3 Å². The molecular weight excluding hydrogens is 295 g/mol. The van der Waals surface area contributed by atoms with Crippen molar-refractivity contribution in [2.45, 2.75) is 39.2 Å². The third kappa shape index (κ3) is 3.72. The maximum absolute atomic E-state index is 13.5. The van der Waals surface area contributed by atoms with Crippen molar-refractivity contribution in [3.8, 4) is 0 Å². The van der Waals surface area contributed by atoms with Crippen LogP contribution in [0, 0.1) is 18.7 Å². The molecule has 1 aromatic heterocycles. The normalized spacial score (nSPS) is 21.5. The third-order valence-electron chi connectivity index (χ3n) is 4.60. The molecule has 2 N–H and O–H groups in total. The van der Waals surface area contributed by atoms with E-state index in [4.69, 9.17) is 4.74 Å². The predicted molar refractivity (Wildman–Crippen MR) is 87.8 cm³/mol. The molecule has 1 aliphatic rings. The lowest BCUT2D eigenvalue weighted by Gasteiger charge is -2.27. The Balaban J connectivity index is 1.63. The van der Waals surface area contributed by atoms with Crippen LogP contribution in [-0.4, -0.2) is 30.1 Å². The molecule has 0 spiro atoms. The Hall–Kier alpha value is -1.88. The summed E-state index contributed by atoms with van der Waals surface area (Å²) in [7, 11) is 0. The summed E-state index contributed by atoms with van der Waals surface area (Å²) in [6.45, 7) is 5.43. The Morgan fingerprint density at radius 2 is 2.30 bits per heavy atom. The van der Waals surface area contributed by atoms with E-state index in [0.29, 0.717) is 12.5 Å². The molecule has 23 heavy (non-hydrogen) atoms. The minimum absolute atomic E-state index is 0.0163. The van der Waals surface area contributed by atoms with Crippen LogP contribution < -0.4 is 5.32 Å². The second-order valence-electron chi connectivity index (χ2n) is 6.47. The van der Waals surface area contributed by atoms with E-state index in [9.17, 15) is 9.18 Å². The highest BCUT2D eigenvalue weighted by atomic mass is 19.1. The fourth-order valence-corrected chi connectivity index (χ4v) is 3.34. The molecule has 124 valence electrons. The number of aromatic amines is 1. The van der Waals surface area contributed by atoms with Gasteiger partial charge in [0.25, 0.3) is 0 Å². The molecule has 1 aromatic carbocycles. The van der Waals surface area contributed by atoms with Crippen molar-refractivity contribution < 1.29 is 13.9 Å². The van der Waals surface area contributed by atoms with E-state index in [2.05, 4.69) is 17.2 Å². The topological polar surface area (TPSA) is 54.1 Å². The molecular formula is C18H23FN2O2. The van der Waals surface area contributed by atoms with Crippen molar-refractivity contribution >= 4 is 16.8 Å². The number of hydrogen-bond donors (Lipinski definition) is 2. The first kappa shape index (κ1) is 16.0. The summed E-state index contributed by atoms with van der Waals surface area (Å²) in [5.41, 5.74) is 2.66. The highest BCUT2D eigenvalue weighted by Crippen LogP contribution is 2.24. The number of carbonyl (C=O) groups excluding carboxylic acids is 1. The first-order valence-electron chi connectivity index (χ1n) is 8.18. The molecule has 2 aromatic rings. The van der Waals surface area contributed by atoms with E-state index in [1.165, 1.54) is 12.1 Å². The molecule has 1 aliphatic heterocycles. The van der Waals surface area contributed by atoms with Crippen molar-refractivity contribution in [3.63, 3.8) is 0 Å². The van der Waals surface area contributed by atoms with Gasteiger partial charge in [0.15, 0.2) is 0 Å². The highest BCUT2D eigenvalue weighted by molar-refractivity contribution is 5.90. The van der Waals surface area contributed by atoms with Gasteiger partial charge < -0.3 is 15.0 Å². The number of hydrogen-bond acceptors (Lipinski definition) is 2. The van der Waals surface area contributed by atoms with Crippen molar-refractivity contribution in [1.29, 1.82) is 0 Å². The van der Waals surface area contributed by atoms with Gasteiger partial charge in [0.1, 0.15) is 5.82 Å². The SMILES string of the molecule is Cc1[nH]c2ccc(F)cc2c1CC(=O)NCC1CCOC(C)C1. The van der Waals surface area contributed by atoms with Crippen LogP contribution in [0.5, 0.6) is 0 Å². The molecule has 0 saturated carbocycles. The molecule has 0 bridgehead atoms. The number of aryl methyl sites for hydroxylation is 1. The Morgan fingerprint density at radius 3 is 3.09 bits per heavy atom. The molecule has 2 heterocycles. The van der Waals surface area contributed by atoms with Crippen LogP contribution in [0.25, 0.3) is 10.9 Å². The smallest absolute Gasteiger partial charge is 0.224 e.